The molecule has 8 atom stereocenters. The molecular formula is C33H43NO2. The Morgan fingerprint density at radius 1 is 0.944 bits per heavy atom. The topological polar surface area (TPSA) is 43.7 Å². The first-order valence-corrected chi connectivity index (χ1v) is 14.9. The van der Waals surface area contributed by atoms with Gasteiger partial charge in [0, 0.05) is 30.1 Å². The lowest BCUT2D eigenvalue weighted by Crippen LogP contribution is -2.54. The molecular weight excluding hydrogens is 442 g/mol. The maximum Gasteiger partial charge on any atom is 0.131 e. The van der Waals surface area contributed by atoms with Gasteiger partial charge in [0.15, 0.2) is 0 Å². The summed E-state index contributed by atoms with van der Waals surface area (Å²) in [5.41, 5.74) is 3.36. The molecule has 36 heavy (non-hydrogen) atoms. The lowest BCUT2D eigenvalue weighted by molar-refractivity contribution is -0.0965. The Morgan fingerprint density at radius 2 is 1.72 bits per heavy atom. The zero-order chi connectivity index (χ0) is 24.5. The van der Waals surface area contributed by atoms with Gasteiger partial charge in [-0.25, -0.2) is 0 Å². The van der Waals surface area contributed by atoms with Crippen LogP contribution in [0.4, 0.5) is 5.69 Å². The van der Waals surface area contributed by atoms with E-state index in [1.54, 1.807) is 0 Å². The van der Waals surface area contributed by atoms with E-state index in [1.165, 1.54) is 62.0 Å². The van der Waals surface area contributed by atoms with Gasteiger partial charge >= 0.3 is 0 Å². The van der Waals surface area contributed by atoms with Gasteiger partial charge in [-0.3, -0.25) is 0 Å². The number of nitrogens with zero attached hydrogens (tertiary/aromatic N) is 1. The SMILES string of the molecule is C[C@]12C[C@H](c3ccc(N4CCCC4)cc3)[C@H]3[C@@H](CCC4=CC(O)CC[C@@H]43)[C@@H]1CC[C@@]2(O)C#CC1CC1. The molecule has 3 nitrogen and oxygen atoms in total. The van der Waals surface area contributed by atoms with Crippen molar-refractivity contribution in [3.8, 4) is 11.8 Å². The minimum atomic E-state index is -0.849. The van der Waals surface area contributed by atoms with Crippen molar-refractivity contribution in [1.29, 1.82) is 0 Å². The Bertz CT molecular complexity index is 1090. The highest BCUT2D eigenvalue weighted by Crippen LogP contribution is 2.68. The fourth-order valence-corrected chi connectivity index (χ4v) is 9.35. The van der Waals surface area contributed by atoms with Gasteiger partial charge in [0.05, 0.1) is 6.10 Å². The van der Waals surface area contributed by atoms with Crippen LogP contribution in [-0.4, -0.2) is 35.0 Å². The first-order valence-electron chi connectivity index (χ1n) is 14.9. The summed E-state index contributed by atoms with van der Waals surface area (Å²) in [6, 6.07) is 9.56. The van der Waals surface area contributed by atoms with Crippen LogP contribution in [0.1, 0.15) is 89.0 Å². The number of allylic oxidation sites excluding steroid dienone is 1. The van der Waals surface area contributed by atoms with Gasteiger partial charge in [-0.05, 0) is 118 Å². The summed E-state index contributed by atoms with van der Waals surface area (Å²) in [5.74, 6) is 10.3. The standard InChI is InChI=1S/C33H43NO2/c1-32-21-29(23-6-9-25(10-7-23)34-18-2-3-19-34)31-27-13-11-26(35)20-24(27)8-12-28(31)30(32)15-17-33(32,36)16-14-22-4-5-22/h6-7,9-10,20,22,26-31,35-36H,2-5,8,11-13,15,17-19,21H2,1H3/t26?,27-,28-,29+,30-,31+,32-,33-/m0/s1. The molecule has 1 aliphatic heterocycles. The van der Waals surface area contributed by atoms with Crippen LogP contribution in [0.3, 0.4) is 0 Å². The fraction of sp³-hybridized carbons (Fsp3) is 0.697. The first kappa shape index (κ1) is 23.4. The summed E-state index contributed by atoms with van der Waals surface area (Å²) in [6.07, 6.45) is 14.3. The van der Waals surface area contributed by atoms with Crippen LogP contribution in [0.5, 0.6) is 0 Å². The highest BCUT2D eigenvalue weighted by atomic mass is 16.3. The fourth-order valence-electron chi connectivity index (χ4n) is 9.35. The second-order valence-corrected chi connectivity index (χ2v) is 13.3. The maximum absolute atomic E-state index is 12.1. The van der Waals surface area contributed by atoms with E-state index >= 15 is 0 Å². The van der Waals surface area contributed by atoms with Gasteiger partial charge < -0.3 is 15.1 Å². The van der Waals surface area contributed by atoms with Crippen molar-refractivity contribution in [3.05, 3.63) is 41.5 Å². The first-order chi connectivity index (χ1) is 17.5. The lowest BCUT2D eigenvalue weighted by Gasteiger charge is -2.58. The average Bonchev–Trinajstić information content (AvgIpc) is 3.48. The normalized spacial score (nSPS) is 43.6. The molecule has 1 aromatic carbocycles. The Balaban J connectivity index is 1.27. The lowest BCUT2D eigenvalue weighted by atomic mass is 9.46. The summed E-state index contributed by atoms with van der Waals surface area (Å²) in [4.78, 5) is 2.53. The van der Waals surface area contributed by atoms with Crippen molar-refractivity contribution in [2.45, 2.75) is 95.2 Å². The third kappa shape index (κ3) is 3.70. The van der Waals surface area contributed by atoms with E-state index in [0.717, 1.165) is 38.5 Å². The number of aliphatic hydroxyl groups is 2. The zero-order valence-corrected chi connectivity index (χ0v) is 22.0. The molecule has 1 unspecified atom stereocenters. The largest absolute Gasteiger partial charge is 0.389 e. The van der Waals surface area contributed by atoms with Crippen LogP contribution in [0.15, 0.2) is 35.9 Å². The second-order valence-electron chi connectivity index (χ2n) is 13.3. The van der Waals surface area contributed by atoms with E-state index in [4.69, 9.17) is 0 Å². The van der Waals surface area contributed by atoms with Crippen LogP contribution < -0.4 is 4.90 Å². The number of anilines is 1. The molecule has 3 heteroatoms. The molecule has 0 amide bonds. The van der Waals surface area contributed by atoms with E-state index < -0.39 is 5.60 Å². The van der Waals surface area contributed by atoms with E-state index in [9.17, 15) is 10.2 Å². The number of rotatable bonds is 2. The molecule has 2 N–H and O–H groups in total. The van der Waals surface area contributed by atoms with Crippen LogP contribution in [0, 0.1) is 46.8 Å². The van der Waals surface area contributed by atoms with Crippen molar-refractivity contribution in [2.24, 2.45) is 35.0 Å². The quantitative estimate of drug-likeness (QED) is 0.395. The second kappa shape index (κ2) is 8.64. The zero-order valence-electron chi connectivity index (χ0n) is 22.0. The molecule has 0 spiro atoms. The molecule has 6 aliphatic rings. The van der Waals surface area contributed by atoms with E-state index in [1.807, 2.05) is 0 Å². The van der Waals surface area contributed by atoms with Crippen molar-refractivity contribution >= 4 is 5.69 Å². The van der Waals surface area contributed by atoms with Crippen LogP contribution in [0.2, 0.25) is 0 Å². The van der Waals surface area contributed by atoms with Gasteiger partial charge in [0.1, 0.15) is 5.60 Å². The molecule has 5 fully saturated rings. The smallest absolute Gasteiger partial charge is 0.131 e. The van der Waals surface area contributed by atoms with E-state index in [-0.39, 0.29) is 11.5 Å². The number of hydrogen-bond acceptors (Lipinski definition) is 3. The molecule has 4 saturated carbocycles. The van der Waals surface area contributed by atoms with Gasteiger partial charge in [0.25, 0.3) is 0 Å². The molecule has 5 aliphatic carbocycles. The summed E-state index contributed by atoms with van der Waals surface area (Å²) in [5, 5.41) is 22.5. The van der Waals surface area contributed by atoms with Crippen LogP contribution >= 0.6 is 0 Å². The van der Waals surface area contributed by atoms with Crippen molar-refractivity contribution in [3.63, 3.8) is 0 Å². The summed E-state index contributed by atoms with van der Waals surface area (Å²) >= 11 is 0. The Morgan fingerprint density at radius 3 is 2.47 bits per heavy atom. The van der Waals surface area contributed by atoms with Crippen molar-refractivity contribution in [2.75, 3.05) is 18.0 Å². The minimum absolute atomic E-state index is 0.149. The predicted molar refractivity (Wildman–Crippen MR) is 145 cm³/mol. The molecule has 192 valence electrons. The molecule has 1 saturated heterocycles. The van der Waals surface area contributed by atoms with Gasteiger partial charge in [-0.1, -0.05) is 42.5 Å². The number of aliphatic hydroxyl groups excluding tert-OH is 1. The van der Waals surface area contributed by atoms with Crippen molar-refractivity contribution in [1.82, 2.24) is 0 Å². The Labute approximate surface area is 217 Å². The van der Waals surface area contributed by atoms with Gasteiger partial charge in [-0.15, -0.1) is 0 Å². The third-order valence-electron chi connectivity index (χ3n) is 11.4. The molecule has 7 rings (SSSR count). The molecule has 0 aromatic heterocycles. The maximum atomic E-state index is 12.1. The molecule has 1 aromatic rings. The third-order valence-corrected chi connectivity index (χ3v) is 11.4. The van der Waals surface area contributed by atoms with E-state index in [0.29, 0.717) is 35.5 Å². The highest BCUT2D eigenvalue weighted by Gasteiger charge is 2.64. The van der Waals surface area contributed by atoms with Gasteiger partial charge in [0.2, 0.25) is 0 Å². The number of hydrogen-bond donors (Lipinski definition) is 2. The molecule has 0 radical (unpaired) electrons. The van der Waals surface area contributed by atoms with Crippen molar-refractivity contribution < 1.29 is 10.2 Å². The highest BCUT2D eigenvalue weighted by molar-refractivity contribution is 5.49. The van der Waals surface area contributed by atoms with Crippen LogP contribution in [-0.2, 0) is 0 Å². The Hall–Kier alpha value is -1.76. The minimum Gasteiger partial charge on any atom is -0.389 e. The monoisotopic (exact) mass is 485 g/mol. The summed E-state index contributed by atoms with van der Waals surface area (Å²) in [6.45, 7) is 4.75. The molecule has 1 heterocycles. The average molecular weight is 486 g/mol. The van der Waals surface area contributed by atoms with Gasteiger partial charge in [-0.2, -0.15) is 0 Å². The predicted octanol–water partition coefficient (Wildman–Crippen LogP) is 6.06. The molecule has 0 bridgehead atoms. The van der Waals surface area contributed by atoms with E-state index in [2.05, 4.69) is 54.0 Å². The number of fused-ring (bicyclic) bond motifs is 5. The Kier molecular flexibility index (Phi) is 5.61. The summed E-state index contributed by atoms with van der Waals surface area (Å²) < 4.78 is 0. The number of benzene rings is 1. The summed E-state index contributed by atoms with van der Waals surface area (Å²) in [7, 11) is 0. The van der Waals surface area contributed by atoms with Crippen LogP contribution in [0.25, 0.3) is 0 Å².